The highest BCUT2D eigenvalue weighted by Gasteiger charge is 2.18. The van der Waals surface area contributed by atoms with Crippen molar-refractivity contribution >= 4 is 11.8 Å². The van der Waals surface area contributed by atoms with Gasteiger partial charge in [0.2, 0.25) is 0 Å². The van der Waals surface area contributed by atoms with Crippen LogP contribution >= 0.6 is 0 Å². The Balaban J connectivity index is 2.33. The smallest absolute Gasteiger partial charge is 0.412 e. The normalized spacial score (nSPS) is 11.1. The lowest BCUT2D eigenvalue weighted by molar-refractivity contribution is 0.0636. The van der Waals surface area contributed by atoms with Crippen molar-refractivity contribution < 1.29 is 13.9 Å². The van der Waals surface area contributed by atoms with E-state index in [1.54, 1.807) is 52.1 Å². The van der Waals surface area contributed by atoms with Crippen molar-refractivity contribution in [3.63, 3.8) is 0 Å². The summed E-state index contributed by atoms with van der Waals surface area (Å²) in [7, 11) is 0. The average molecular weight is 302 g/mol. The molecule has 2 aromatic rings. The Bertz CT molecular complexity index is 693. The average Bonchev–Trinajstić information content (AvgIpc) is 2.37. The van der Waals surface area contributed by atoms with Crippen molar-refractivity contribution in [2.75, 3.05) is 5.32 Å². The summed E-state index contributed by atoms with van der Waals surface area (Å²) >= 11 is 0. The lowest BCUT2D eigenvalue weighted by Crippen LogP contribution is -2.27. The molecule has 116 valence electrons. The van der Waals surface area contributed by atoms with Crippen LogP contribution in [0.15, 0.2) is 36.5 Å². The molecule has 5 heteroatoms. The van der Waals surface area contributed by atoms with E-state index >= 15 is 0 Å². The summed E-state index contributed by atoms with van der Waals surface area (Å²) in [6.45, 7) is 7.17. The lowest BCUT2D eigenvalue weighted by atomic mass is 10.0. The van der Waals surface area contributed by atoms with Crippen LogP contribution in [0.3, 0.4) is 0 Å². The van der Waals surface area contributed by atoms with Gasteiger partial charge in [-0.2, -0.15) is 0 Å². The van der Waals surface area contributed by atoms with Crippen LogP contribution in [0.5, 0.6) is 0 Å². The van der Waals surface area contributed by atoms with E-state index in [4.69, 9.17) is 4.74 Å². The number of pyridine rings is 1. The fourth-order valence-electron chi connectivity index (χ4n) is 2.03. The van der Waals surface area contributed by atoms with Crippen LogP contribution < -0.4 is 5.32 Å². The van der Waals surface area contributed by atoms with E-state index in [1.807, 2.05) is 0 Å². The number of nitrogens with zero attached hydrogens (tertiary/aromatic N) is 1. The van der Waals surface area contributed by atoms with Crippen molar-refractivity contribution in [1.29, 1.82) is 0 Å². The highest BCUT2D eigenvalue weighted by Crippen LogP contribution is 2.29. The van der Waals surface area contributed by atoms with Crippen LogP contribution in [-0.4, -0.2) is 16.7 Å². The first-order valence-electron chi connectivity index (χ1n) is 6.98. The van der Waals surface area contributed by atoms with Gasteiger partial charge in [0, 0.05) is 11.8 Å². The largest absolute Gasteiger partial charge is 0.444 e. The van der Waals surface area contributed by atoms with Gasteiger partial charge in [-0.1, -0.05) is 0 Å². The number of halogens is 1. The van der Waals surface area contributed by atoms with E-state index in [2.05, 4.69) is 10.3 Å². The van der Waals surface area contributed by atoms with Gasteiger partial charge in [0.1, 0.15) is 11.4 Å². The molecule has 1 heterocycles. The van der Waals surface area contributed by atoms with Gasteiger partial charge in [0.05, 0.1) is 11.4 Å². The minimum absolute atomic E-state index is 0.307. The number of rotatable bonds is 2. The first-order chi connectivity index (χ1) is 10.3. The molecule has 0 aliphatic carbocycles. The molecule has 0 fully saturated rings. The molecule has 1 aromatic heterocycles. The van der Waals surface area contributed by atoms with E-state index in [-0.39, 0.29) is 5.82 Å². The second-order valence-corrected chi connectivity index (χ2v) is 5.99. The van der Waals surface area contributed by atoms with E-state index in [0.717, 1.165) is 11.1 Å². The molecule has 0 spiro atoms. The number of aromatic nitrogens is 1. The van der Waals surface area contributed by atoms with Crippen LogP contribution in [0.2, 0.25) is 0 Å². The Kier molecular flexibility index (Phi) is 4.45. The molecule has 0 radical (unpaired) electrons. The molecule has 0 bridgehead atoms. The summed E-state index contributed by atoms with van der Waals surface area (Å²) in [6.07, 6.45) is 1.07. The summed E-state index contributed by atoms with van der Waals surface area (Å²) in [4.78, 5) is 16.2. The predicted octanol–water partition coefficient (Wildman–Crippen LogP) is 4.54. The molecular formula is C17H19FN2O2. The van der Waals surface area contributed by atoms with Crippen molar-refractivity contribution in [2.24, 2.45) is 0 Å². The minimum Gasteiger partial charge on any atom is -0.444 e. The predicted molar refractivity (Wildman–Crippen MR) is 84.2 cm³/mol. The number of benzene rings is 1. The van der Waals surface area contributed by atoms with Crippen LogP contribution in [0, 0.1) is 12.7 Å². The van der Waals surface area contributed by atoms with Crippen LogP contribution in [-0.2, 0) is 4.74 Å². The molecule has 1 aromatic carbocycles. The first kappa shape index (κ1) is 15.9. The van der Waals surface area contributed by atoms with Crippen molar-refractivity contribution in [2.45, 2.75) is 33.3 Å². The molecule has 0 unspecified atom stereocenters. The number of anilines is 1. The maximum atomic E-state index is 13.2. The zero-order valence-electron chi connectivity index (χ0n) is 13.1. The number of amides is 1. The summed E-state index contributed by atoms with van der Waals surface area (Å²) in [5, 5.41) is 2.69. The highest BCUT2D eigenvalue weighted by molar-refractivity contribution is 5.90. The third-order valence-electron chi connectivity index (χ3n) is 2.89. The van der Waals surface area contributed by atoms with Gasteiger partial charge < -0.3 is 4.74 Å². The van der Waals surface area contributed by atoms with E-state index in [9.17, 15) is 9.18 Å². The number of hydrogen-bond donors (Lipinski definition) is 1. The molecular weight excluding hydrogens is 283 g/mol. The Morgan fingerprint density at radius 3 is 2.64 bits per heavy atom. The number of carbonyl (C=O) groups excluding carboxylic acids is 1. The van der Waals surface area contributed by atoms with Crippen molar-refractivity contribution in [1.82, 2.24) is 4.98 Å². The molecule has 0 atom stereocenters. The van der Waals surface area contributed by atoms with Crippen LogP contribution in [0.4, 0.5) is 14.9 Å². The maximum absolute atomic E-state index is 13.2. The standard InChI is InChI=1S/C17H19FN2O2/c1-11-10-12(18)7-8-13(11)15-14(6-5-9-19-15)20-16(21)22-17(2,3)4/h5-10H,1-4H3,(H,20,21). The second-order valence-electron chi connectivity index (χ2n) is 5.99. The first-order valence-corrected chi connectivity index (χ1v) is 6.98. The topological polar surface area (TPSA) is 51.2 Å². The summed E-state index contributed by atoms with van der Waals surface area (Å²) in [6, 6.07) is 7.90. The van der Waals surface area contributed by atoms with Crippen LogP contribution in [0.25, 0.3) is 11.3 Å². The van der Waals surface area contributed by atoms with Crippen molar-refractivity contribution in [3.05, 3.63) is 47.9 Å². The summed E-state index contributed by atoms with van der Waals surface area (Å²) in [5.74, 6) is -0.307. The number of carbonyl (C=O) groups is 1. The van der Waals surface area contributed by atoms with Gasteiger partial charge in [0.25, 0.3) is 0 Å². The SMILES string of the molecule is Cc1cc(F)ccc1-c1ncccc1NC(=O)OC(C)(C)C. The lowest BCUT2D eigenvalue weighted by Gasteiger charge is -2.20. The van der Waals surface area contributed by atoms with Crippen molar-refractivity contribution in [3.8, 4) is 11.3 Å². The Labute approximate surface area is 129 Å². The fraction of sp³-hybridized carbons (Fsp3) is 0.294. The minimum atomic E-state index is -0.585. The molecule has 22 heavy (non-hydrogen) atoms. The van der Waals surface area contributed by atoms with Gasteiger partial charge >= 0.3 is 6.09 Å². The van der Waals surface area contributed by atoms with Gasteiger partial charge in [-0.05, 0) is 63.6 Å². The number of nitrogens with one attached hydrogen (secondary N) is 1. The number of ether oxygens (including phenoxy) is 1. The third kappa shape index (κ3) is 4.04. The Morgan fingerprint density at radius 1 is 1.27 bits per heavy atom. The van der Waals surface area contributed by atoms with E-state index in [0.29, 0.717) is 11.4 Å². The van der Waals surface area contributed by atoms with Gasteiger partial charge in [-0.25, -0.2) is 9.18 Å². The zero-order chi connectivity index (χ0) is 16.3. The second kappa shape index (κ2) is 6.13. The summed E-state index contributed by atoms with van der Waals surface area (Å²) in [5.41, 5.74) is 2.01. The molecule has 0 saturated carbocycles. The Hall–Kier alpha value is -2.43. The quantitative estimate of drug-likeness (QED) is 0.885. The number of hydrogen-bond acceptors (Lipinski definition) is 3. The monoisotopic (exact) mass is 302 g/mol. The van der Waals surface area contributed by atoms with Crippen LogP contribution in [0.1, 0.15) is 26.3 Å². The molecule has 2 rings (SSSR count). The third-order valence-corrected chi connectivity index (χ3v) is 2.89. The fourth-order valence-corrected chi connectivity index (χ4v) is 2.03. The molecule has 4 nitrogen and oxygen atoms in total. The number of aryl methyl sites for hydroxylation is 1. The Morgan fingerprint density at radius 2 is 2.00 bits per heavy atom. The molecule has 0 aliphatic heterocycles. The van der Waals surface area contributed by atoms with E-state index in [1.165, 1.54) is 12.1 Å². The highest BCUT2D eigenvalue weighted by atomic mass is 19.1. The molecule has 1 amide bonds. The summed E-state index contributed by atoms with van der Waals surface area (Å²) < 4.78 is 18.5. The van der Waals surface area contributed by atoms with Gasteiger partial charge in [-0.15, -0.1) is 0 Å². The zero-order valence-corrected chi connectivity index (χ0v) is 13.1. The van der Waals surface area contributed by atoms with E-state index < -0.39 is 11.7 Å². The van der Waals surface area contributed by atoms with Gasteiger partial charge in [0.15, 0.2) is 0 Å². The molecule has 0 aliphatic rings. The molecule has 1 N–H and O–H groups in total. The molecule has 0 saturated heterocycles. The van der Waals surface area contributed by atoms with Gasteiger partial charge in [-0.3, -0.25) is 10.3 Å². The maximum Gasteiger partial charge on any atom is 0.412 e.